The SMILES string of the molecule is CC1CCN(C(=O)CCc2nc(Cc3ccccc3)no2)C2CCCCC12. The predicted molar refractivity (Wildman–Crippen MR) is 103 cm³/mol. The Morgan fingerprint density at radius 2 is 2.00 bits per heavy atom. The largest absolute Gasteiger partial charge is 0.339 e. The van der Waals surface area contributed by atoms with Gasteiger partial charge in [-0.3, -0.25) is 4.79 Å². The van der Waals surface area contributed by atoms with E-state index < -0.39 is 0 Å². The van der Waals surface area contributed by atoms with Gasteiger partial charge in [0.1, 0.15) is 0 Å². The van der Waals surface area contributed by atoms with E-state index in [0.29, 0.717) is 42.9 Å². The lowest BCUT2D eigenvalue weighted by Gasteiger charge is -2.47. The van der Waals surface area contributed by atoms with Crippen LogP contribution in [0.2, 0.25) is 0 Å². The Labute approximate surface area is 161 Å². The molecule has 4 rings (SSSR count). The summed E-state index contributed by atoms with van der Waals surface area (Å²) in [5.41, 5.74) is 1.16. The standard InChI is InChI=1S/C22H29N3O2/c1-16-13-14-25(19-10-6-5-9-18(16)19)22(26)12-11-21-23-20(24-27-21)15-17-7-3-2-4-8-17/h2-4,7-8,16,18-19H,5-6,9-15H2,1H3. The summed E-state index contributed by atoms with van der Waals surface area (Å²) in [4.78, 5) is 19.5. The molecule has 1 saturated heterocycles. The average Bonchev–Trinajstić information content (AvgIpc) is 3.15. The zero-order valence-electron chi connectivity index (χ0n) is 16.1. The number of rotatable bonds is 5. The third-order valence-electron chi connectivity index (χ3n) is 6.33. The Morgan fingerprint density at radius 3 is 2.85 bits per heavy atom. The minimum absolute atomic E-state index is 0.251. The molecule has 1 aliphatic heterocycles. The maximum atomic E-state index is 12.9. The highest BCUT2D eigenvalue weighted by Gasteiger charge is 2.39. The number of hydrogen-bond acceptors (Lipinski definition) is 4. The number of hydrogen-bond donors (Lipinski definition) is 0. The molecule has 0 radical (unpaired) electrons. The first-order valence-electron chi connectivity index (χ1n) is 10.4. The number of likely N-dealkylation sites (tertiary alicyclic amines) is 1. The number of carbonyl (C=O) groups is 1. The van der Waals surface area contributed by atoms with Crippen molar-refractivity contribution in [1.29, 1.82) is 0 Å². The second-order valence-corrected chi connectivity index (χ2v) is 8.14. The summed E-state index contributed by atoms with van der Waals surface area (Å²) in [5, 5.41) is 4.07. The smallest absolute Gasteiger partial charge is 0.227 e. The van der Waals surface area contributed by atoms with E-state index >= 15 is 0 Å². The van der Waals surface area contributed by atoms with Crippen LogP contribution in [0.5, 0.6) is 0 Å². The topological polar surface area (TPSA) is 59.2 Å². The lowest BCUT2D eigenvalue weighted by Crippen LogP contribution is -2.52. The van der Waals surface area contributed by atoms with E-state index in [4.69, 9.17) is 4.52 Å². The summed E-state index contributed by atoms with van der Waals surface area (Å²) in [6.07, 6.45) is 7.81. The molecule has 3 unspecified atom stereocenters. The lowest BCUT2D eigenvalue weighted by molar-refractivity contribution is -0.139. The molecule has 1 aromatic carbocycles. The molecule has 1 saturated carbocycles. The van der Waals surface area contributed by atoms with Crippen molar-refractivity contribution in [1.82, 2.24) is 15.0 Å². The summed E-state index contributed by atoms with van der Waals surface area (Å²) >= 11 is 0. The first-order valence-corrected chi connectivity index (χ1v) is 10.4. The van der Waals surface area contributed by atoms with Gasteiger partial charge in [0.15, 0.2) is 5.82 Å². The molecule has 0 N–H and O–H groups in total. The molecule has 144 valence electrons. The van der Waals surface area contributed by atoms with Gasteiger partial charge in [-0.15, -0.1) is 0 Å². The summed E-state index contributed by atoms with van der Waals surface area (Å²) in [6.45, 7) is 3.27. The Bertz CT molecular complexity index is 758. The van der Waals surface area contributed by atoms with Gasteiger partial charge >= 0.3 is 0 Å². The van der Waals surface area contributed by atoms with Crippen molar-refractivity contribution in [2.45, 2.75) is 64.3 Å². The molecule has 3 atom stereocenters. The first kappa shape index (κ1) is 18.2. The lowest BCUT2D eigenvalue weighted by atomic mass is 9.72. The second kappa shape index (κ2) is 8.24. The summed E-state index contributed by atoms with van der Waals surface area (Å²) < 4.78 is 5.37. The van der Waals surface area contributed by atoms with Crippen molar-refractivity contribution in [2.24, 2.45) is 11.8 Å². The molecule has 1 aliphatic carbocycles. The van der Waals surface area contributed by atoms with Gasteiger partial charge in [0.25, 0.3) is 0 Å². The van der Waals surface area contributed by atoms with Crippen LogP contribution in [0.15, 0.2) is 34.9 Å². The van der Waals surface area contributed by atoms with Gasteiger partial charge in [-0.05, 0) is 36.7 Å². The number of piperidine rings is 1. The van der Waals surface area contributed by atoms with Gasteiger partial charge < -0.3 is 9.42 Å². The van der Waals surface area contributed by atoms with E-state index in [-0.39, 0.29) is 5.91 Å². The van der Waals surface area contributed by atoms with Crippen LogP contribution in [-0.2, 0) is 17.6 Å². The van der Waals surface area contributed by atoms with Crippen LogP contribution < -0.4 is 0 Å². The van der Waals surface area contributed by atoms with Gasteiger partial charge in [0, 0.05) is 31.8 Å². The molecular weight excluding hydrogens is 338 g/mol. The number of nitrogens with zero attached hydrogens (tertiary/aromatic N) is 3. The van der Waals surface area contributed by atoms with E-state index in [1.54, 1.807) is 0 Å². The molecular formula is C22H29N3O2. The van der Waals surface area contributed by atoms with Gasteiger partial charge in [0.2, 0.25) is 11.8 Å². The predicted octanol–water partition coefficient (Wildman–Crippen LogP) is 4.02. The Hall–Kier alpha value is -2.17. The molecule has 5 heteroatoms. The van der Waals surface area contributed by atoms with Crippen LogP contribution in [-0.4, -0.2) is 33.5 Å². The highest BCUT2D eigenvalue weighted by atomic mass is 16.5. The molecule has 0 bridgehead atoms. The highest BCUT2D eigenvalue weighted by Crippen LogP contribution is 2.39. The molecule has 2 aliphatic rings. The molecule has 1 aromatic heterocycles. The van der Waals surface area contributed by atoms with Crippen molar-refractivity contribution in [3.05, 3.63) is 47.6 Å². The number of amides is 1. The molecule has 2 heterocycles. The summed E-state index contributed by atoms with van der Waals surface area (Å²) in [5.74, 6) is 2.94. The quantitative estimate of drug-likeness (QED) is 0.801. The van der Waals surface area contributed by atoms with Crippen LogP contribution in [0, 0.1) is 11.8 Å². The van der Waals surface area contributed by atoms with Gasteiger partial charge in [-0.1, -0.05) is 55.3 Å². The molecule has 5 nitrogen and oxygen atoms in total. The number of aromatic nitrogens is 2. The monoisotopic (exact) mass is 367 g/mol. The van der Waals surface area contributed by atoms with Crippen LogP contribution in [0.1, 0.15) is 62.7 Å². The Kier molecular flexibility index (Phi) is 5.55. The third kappa shape index (κ3) is 4.23. The van der Waals surface area contributed by atoms with Gasteiger partial charge in [0.05, 0.1) is 0 Å². The van der Waals surface area contributed by atoms with Crippen LogP contribution in [0.4, 0.5) is 0 Å². The minimum Gasteiger partial charge on any atom is -0.339 e. The summed E-state index contributed by atoms with van der Waals surface area (Å²) in [6, 6.07) is 10.6. The molecule has 0 spiro atoms. The maximum absolute atomic E-state index is 12.9. The van der Waals surface area contributed by atoms with E-state index in [2.05, 4.69) is 34.1 Å². The third-order valence-corrected chi connectivity index (χ3v) is 6.33. The first-order chi connectivity index (χ1) is 13.2. The molecule has 27 heavy (non-hydrogen) atoms. The van der Waals surface area contributed by atoms with E-state index in [9.17, 15) is 4.79 Å². The fourth-order valence-electron chi connectivity index (χ4n) is 4.82. The van der Waals surface area contributed by atoms with Crippen molar-refractivity contribution in [2.75, 3.05) is 6.54 Å². The fourth-order valence-corrected chi connectivity index (χ4v) is 4.82. The maximum Gasteiger partial charge on any atom is 0.227 e. The Balaban J connectivity index is 1.33. The highest BCUT2D eigenvalue weighted by molar-refractivity contribution is 5.76. The minimum atomic E-state index is 0.251. The van der Waals surface area contributed by atoms with Crippen molar-refractivity contribution >= 4 is 5.91 Å². The van der Waals surface area contributed by atoms with Crippen LogP contribution in [0.25, 0.3) is 0 Å². The molecule has 2 fully saturated rings. The average molecular weight is 367 g/mol. The molecule has 2 aromatic rings. The molecule has 1 amide bonds. The van der Waals surface area contributed by atoms with Gasteiger partial charge in [-0.25, -0.2) is 0 Å². The number of aryl methyl sites for hydroxylation is 1. The zero-order chi connectivity index (χ0) is 18.6. The number of carbonyl (C=O) groups excluding carboxylic acids is 1. The van der Waals surface area contributed by atoms with Crippen LogP contribution in [0.3, 0.4) is 0 Å². The van der Waals surface area contributed by atoms with E-state index in [0.717, 1.165) is 24.4 Å². The van der Waals surface area contributed by atoms with E-state index in [1.807, 2.05) is 18.2 Å². The van der Waals surface area contributed by atoms with Gasteiger partial charge in [-0.2, -0.15) is 4.98 Å². The second-order valence-electron chi connectivity index (χ2n) is 8.14. The van der Waals surface area contributed by atoms with Crippen molar-refractivity contribution < 1.29 is 9.32 Å². The number of benzene rings is 1. The van der Waals surface area contributed by atoms with Crippen LogP contribution >= 0.6 is 0 Å². The summed E-state index contributed by atoms with van der Waals surface area (Å²) in [7, 11) is 0. The van der Waals surface area contributed by atoms with Crippen molar-refractivity contribution in [3.8, 4) is 0 Å². The fraction of sp³-hybridized carbons (Fsp3) is 0.591. The van der Waals surface area contributed by atoms with E-state index in [1.165, 1.54) is 25.7 Å². The van der Waals surface area contributed by atoms with Crippen molar-refractivity contribution in [3.63, 3.8) is 0 Å². The Morgan fingerprint density at radius 1 is 1.19 bits per heavy atom. The normalized spacial score (nSPS) is 25.2. The number of fused-ring (bicyclic) bond motifs is 1. The zero-order valence-corrected chi connectivity index (χ0v) is 16.1.